The number of phenolic OH excluding ortho intramolecular Hbond substituents is 1. The molecule has 8 nitrogen and oxygen atoms in total. The number of hydrogen-bond acceptors (Lipinski definition) is 6. The second kappa shape index (κ2) is 6.31. The third-order valence-corrected chi connectivity index (χ3v) is 3.15. The van der Waals surface area contributed by atoms with Gasteiger partial charge in [-0.1, -0.05) is 15.9 Å². The first-order valence-electron chi connectivity index (χ1n) is 5.84. The summed E-state index contributed by atoms with van der Waals surface area (Å²) >= 11 is 3.11. The van der Waals surface area contributed by atoms with Crippen LogP contribution < -0.4 is 0 Å². The molecule has 0 unspecified atom stereocenters. The molecule has 2 aromatic carbocycles. The summed E-state index contributed by atoms with van der Waals surface area (Å²) in [5, 5.41) is 31.2. The molecule has 0 radical (unpaired) electrons. The Hall–Kier alpha value is -2.81. The van der Waals surface area contributed by atoms with E-state index in [1.807, 2.05) is 0 Å². The van der Waals surface area contributed by atoms with Crippen LogP contribution in [0.5, 0.6) is 5.75 Å². The lowest BCUT2D eigenvalue weighted by atomic mass is 10.2. The van der Waals surface area contributed by atoms with Crippen molar-refractivity contribution < 1.29 is 15.0 Å². The third-order valence-electron chi connectivity index (χ3n) is 2.69. The van der Waals surface area contributed by atoms with Crippen molar-refractivity contribution in [1.82, 2.24) is 0 Å². The minimum absolute atomic E-state index is 0.0695. The van der Waals surface area contributed by atoms with Crippen molar-refractivity contribution in [2.75, 3.05) is 0 Å². The van der Waals surface area contributed by atoms with E-state index >= 15 is 0 Å². The Morgan fingerprint density at radius 1 is 1.09 bits per heavy atom. The van der Waals surface area contributed by atoms with Crippen LogP contribution in [0.2, 0.25) is 0 Å². The molecule has 2 aromatic rings. The molecule has 0 saturated carbocycles. The highest BCUT2D eigenvalue weighted by atomic mass is 79.9. The molecular formula is C13H8BrN3O5. The van der Waals surface area contributed by atoms with E-state index in [4.69, 9.17) is 0 Å². The van der Waals surface area contributed by atoms with Gasteiger partial charge in [-0.2, -0.15) is 0 Å². The van der Waals surface area contributed by atoms with Gasteiger partial charge in [-0.05, 0) is 18.2 Å². The Kier molecular flexibility index (Phi) is 4.47. The molecule has 0 saturated heterocycles. The van der Waals surface area contributed by atoms with Gasteiger partial charge in [-0.25, -0.2) is 0 Å². The predicted octanol–water partition coefficient (Wildman–Crippen LogP) is 3.72. The van der Waals surface area contributed by atoms with E-state index in [-0.39, 0.29) is 11.3 Å². The van der Waals surface area contributed by atoms with Gasteiger partial charge < -0.3 is 5.11 Å². The summed E-state index contributed by atoms with van der Waals surface area (Å²) in [7, 11) is 0. The number of aromatic hydroxyl groups is 1. The Labute approximate surface area is 132 Å². The fourth-order valence-corrected chi connectivity index (χ4v) is 2.11. The van der Waals surface area contributed by atoms with E-state index in [1.165, 1.54) is 42.6 Å². The van der Waals surface area contributed by atoms with Gasteiger partial charge in [0.2, 0.25) is 5.75 Å². The van der Waals surface area contributed by atoms with E-state index in [9.17, 15) is 25.3 Å². The zero-order valence-electron chi connectivity index (χ0n) is 10.8. The molecule has 0 aromatic heterocycles. The summed E-state index contributed by atoms with van der Waals surface area (Å²) in [5.41, 5.74) is 0.0477. The summed E-state index contributed by atoms with van der Waals surface area (Å²) in [6.45, 7) is 0. The molecular weight excluding hydrogens is 358 g/mol. The lowest BCUT2D eigenvalue weighted by molar-refractivity contribution is -0.386. The second-order valence-electron chi connectivity index (χ2n) is 4.15. The topological polar surface area (TPSA) is 119 Å². The zero-order valence-corrected chi connectivity index (χ0v) is 12.4. The highest BCUT2D eigenvalue weighted by Gasteiger charge is 2.17. The van der Waals surface area contributed by atoms with Crippen LogP contribution in [0.3, 0.4) is 0 Å². The Morgan fingerprint density at radius 2 is 1.73 bits per heavy atom. The molecule has 0 aliphatic carbocycles. The van der Waals surface area contributed by atoms with Crippen molar-refractivity contribution >= 4 is 39.2 Å². The highest BCUT2D eigenvalue weighted by molar-refractivity contribution is 9.10. The van der Waals surface area contributed by atoms with Crippen LogP contribution in [-0.4, -0.2) is 21.2 Å². The summed E-state index contributed by atoms with van der Waals surface area (Å²) in [4.78, 5) is 24.2. The minimum atomic E-state index is -0.705. The number of nitro benzene ring substituents is 2. The van der Waals surface area contributed by atoms with Crippen LogP contribution >= 0.6 is 15.9 Å². The SMILES string of the molecule is O=[N+]([O-])c1ccc(N=Cc2cc(Br)cc([N+](=O)[O-])c2O)cc1. The first-order chi connectivity index (χ1) is 10.4. The molecule has 1 N–H and O–H groups in total. The monoisotopic (exact) mass is 365 g/mol. The van der Waals surface area contributed by atoms with Crippen molar-refractivity contribution in [3.8, 4) is 5.75 Å². The first kappa shape index (κ1) is 15.6. The summed E-state index contributed by atoms with van der Waals surface area (Å²) < 4.78 is 0.419. The molecule has 0 aliphatic rings. The Balaban J connectivity index is 2.34. The van der Waals surface area contributed by atoms with Crippen molar-refractivity contribution in [1.29, 1.82) is 0 Å². The number of aliphatic imine (C=N–C) groups is 1. The van der Waals surface area contributed by atoms with E-state index in [1.54, 1.807) is 0 Å². The van der Waals surface area contributed by atoms with Gasteiger partial charge in [-0.15, -0.1) is 0 Å². The molecule has 0 aliphatic heterocycles. The average molecular weight is 366 g/mol. The molecule has 0 spiro atoms. The first-order valence-corrected chi connectivity index (χ1v) is 6.63. The molecule has 0 fully saturated rings. The van der Waals surface area contributed by atoms with Gasteiger partial charge in [0.05, 0.1) is 15.5 Å². The number of phenols is 1. The maximum absolute atomic E-state index is 10.8. The Bertz CT molecular complexity index is 774. The quantitative estimate of drug-likeness (QED) is 0.502. The average Bonchev–Trinajstić information content (AvgIpc) is 2.47. The third kappa shape index (κ3) is 3.44. The van der Waals surface area contributed by atoms with Crippen LogP contribution in [-0.2, 0) is 0 Å². The lowest BCUT2D eigenvalue weighted by Crippen LogP contribution is -1.92. The standard InChI is InChI=1S/C13H8BrN3O5/c14-9-5-8(13(18)12(6-9)17(21)22)7-15-10-1-3-11(4-2-10)16(19)20/h1-7,18H. The van der Waals surface area contributed by atoms with Crippen molar-refractivity contribution in [3.05, 3.63) is 66.7 Å². The number of benzene rings is 2. The maximum Gasteiger partial charge on any atom is 0.312 e. The largest absolute Gasteiger partial charge is 0.502 e. The minimum Gasteiger partial charge on any atom is -0.502 e. The second-order valence-corrected chi connectivity index (χ2v) is 5.07. The van der Waals surface area contributed by atoms with Crippen LogP contribution in [0, 0.1) is 20.2 Å². The van der Waals surface area contributed by atoms with Gasteiger partial charge in [0, 0.05) is 34.4 Å². The molecule has 0 atom stereocenters. The number of nitro groups is 2. The summed E-state index contributed by atoms with van der Waals surface area (Å²) in [5.74, 6) is -0.501. The van der Waals surface area contributed by atoms with Crippen LogP contribution in [0.25, 0.3) is 0 Å². The van der Waals surface area contributed by atoms with E-state index < -0.39 is 21.3 Å². The number of nitrogens with zero attached hydrogens (tertiary/aromatic N) is 3. The highest BCUT2D eigenvalue weighted by Crippen LogP contribution is 2.32. The predicted molar refractivity (Wildman–Crippen MR) is 82.8 cm³/mol. The van der Waals surface area contributed by atoms with Crippen LogP contribution in [0.1, 0.15) is 5.56 Å². The fraction of sp³-hybridized carbons (Fsp3) is 0. The van der Waals surface area contributed by atoms with E-state index in [0.717, 1.165) is 0 Å². The number of non-ortho nitro benzene ring substituents is 1. The van der Waals surface area contributed by atoms with E-state index in [2.05, 4.69) is 20.9 Å². The molecule has 0 bridgehead atoms. The summed E-state index contributed by atoms with van der Waals surface area (Å²) in [6.07, 6.45) is 1.24. The van der Waals surface area contributed by atoms with Gasteiger partial charge in [0.15, 0.2) is 0 Å². The molecule has 2 rings (SSSR count). The molecule has 0 heterocycles. The lowest BCUT2D eigenvalue weighted by Gasteiger charge is -2.01. The maximum atomic E-state index is 10.8. The number of hydrogen-bond donors (Lipinski definition) is 1. The molecule has 22 heavy (non-hydrogen) atoms. The summed E-state index contributed by atoms with van der Waals surface area (Å²) in [6, 6.07) is 8.08. The van der Waals surface area contributed by atoms with Gasteiger partial charge in [0.1, 0.15) is 0 Å². The molecule has 9 heteroatoms. The van der Waals surface area contributed by atoms with Gasteiger partial charge in [0.25, 0.3) is 5.69 Å². The van der Waals surface area contributed by atoms with Crippen molar-refractivity contribution in [2.24, 2.45) is 4.99 Å². The normalized spacial score (nSPS) is 10.8. The molecule has 0 amide bonds. The molecule has 112 valence electrons. The van der Waals surface area contributed by atoms with Crippen LogP contribution in [0.15, 0.2) is 45.9 Å². The van der Waals surface area contributed by atoms with Gasteiger partial charge >= 0.3 is 5.69 Å². The number of halogens is 1. The zero-order chi connectivity index (χ0) is 16.3. The van der Waals surface area contributed by atoms with Gasteiger partial charge in [-0.3, -0.25) is 25.2 Å². The van der Waals surface area contributed by atoms with Crippen molar-refractivity contribution in [2.45, 2.75) is 0 Å². The van der Waals surface area contributed by atoms with Crippen molar-refractivity contribution in [3.63, 3.8) is 0 Å². The Morgan fingerprint density at radius 3 is 2.27 bits per heavy atom. The van der Waals surface area contributed by atoms with E-state index in [0.29, 0.717) is 10.2 Å². The smallest absolute Gasteiger partial charge is 0.312 e. The van der Waals surface area contributed by atoms with Crippen LogP contribution in [0.4, 0.5) is 17.1 Å². The fourth-order valence-electron chi connectivity index (χ4n) is 1.65. The number of rotatable bonds is 4.